The van der Waals surface area contributed by atoms with Crippen LogP contribution in [0.4, 0.5) is 0 Å². The molecule has 1 saturated carbocycles. The fraction of sp³-hybridized carbons (Fsp3) is 1.00. The number of hydrogen-bond donors (Lipinski definition) is 1. The molecule has 0 amide bonds. The highest BCUT2D eigenvalue weighted by Gasteiger charge is 2.27. The average molecular weight is 139 g/mol. The van der Waals surface area contributed by atoms with Crippen LogP contribution in [0, 0.1) is 11.8 Å². The van der Waals surface area contributed by atoms with Crippen LogP contribution in [0.15, 0.2) is 0 Å². The Bertz CT molecular complexity index is 99.3. The van der Waals surface area contributed by atoms with Crippen molar-refractivity contribution < 1.29 is 0 Å². The first-order valence-electron chi connectivity index (χ1n) is 4.67. The third kappa shape index (κ3) is 1.20. The average Bonchev–Trinajstić information content (AvgIpc) is 2.28. The van der Waals surface area contributed by atoms with Crippen LogP contribution >= 0.6 is 0 Å². The summed E-state index contributed by atoms with van der Waals surface area (Å²) in [5.74, 6) is 2.14. The van der Waals surface area contributed by atoms with E-state index in [1.165, 1.54) is 45.2 Å². The second-order valence-corrected chi connectivity index (χ2v) is 3.80. The summed E-state index contributed by atoms with van der Waals surface area (Å²) in [5, 5.41) is 3.52. The van der Waals surface area contributed by atoms with E-state index in [0.717, 1.165) is 11.8 Å². The molecular formula is C9H17N. The van der Waals surface area contributed by atoms with E-state index in [2.05, 4.69) is 5.32 Å². The maximum atomic E-state index is 3.52. The lowest BCUT2D eigenvalue weighted by Crippen LogP contribution is -2.21. The minimum Gasteiger partial charge on any atom is -0.316 e. The molecule has 1 nitrogen and oxygen atoms in total. The van der Waals surface area contributed by atoms with E-state index in [-0.39, 0.29) is 0 Å². The fourth-order valence-corrected chi connectivity index (χ4v) is 2.54. The summed E-state index contributed by atoms with van der Waals surface area (Å²) in [6.45, 7) is 2.58. The van der Waals surface area contributed by atoms with Crippen molar-refractivity contribution in [2.45, 2.75) is 32.1 Å². The quantitative estimate of drug-likeness (QED) is 0.539. The van der Waals surface area contributed by atoms with Crippen LogP contribution in [0.1, 0.15) is 32.1 Å². The zero-order chi connectivity index (χ0) is 6.81. The Morgan fingerprint density at radius 3 is 2.70 bits per heavy atom. The molecule has 1 heterocycles. The molecule has 0 aromatic rings. The molecule has 1 aliphatic heterocycles. The molecule has 1 heteroatoms. The molecule has 0 bridgehead atoms. The predicted molar refractivity (Wildman–Crippen MR) is 42.9 cm³/mol. The van der Waals surface area contributed by atoms with Crippen LogP contribution in [0.2, 0.25) is 0 Å². The van der Waals surface area contributed by atoms with E-state index in [9.17, 15) is 0 Å². The van der Waals surface area contributed by atoms with Gasteiger partial charge in [-0.05, 0) is 44.2 Å². The summed E-state index contributed by atoms with van der Waals surface area (Å²) in [6, 6.07) is 0. The largest absolute Gasteiger partial charge is 0.316 e. The lowest BCUT2D eigenvalue weighted by Gasteiger charge is -2.14. The molecule has 1 aliphatic carbocycles. The van der Waals surface area contributed by atoms with Crippen molar-refractivity contribution in [1.29, 1.82) is 0 Å². The van der Waals surface area contributed by atoms with Gasteiger partial charge in [0, 0.05) is 0 Å². The third-order valence-electron chi connectivity index (χ3n) is 3.15. The van der Waals surface area contributed by atoms with Gasteiger partial charge in [-0.3, -0.25) is 0 Å². The van der Waals surface area contributed by atoms with Crippen molar-refractivity contribution in [3.05, 3.63) is 0 Å². The Balaban J connectivity index is 1.95. The van der Waals surface area contributed by atoms with Crippen molar-refractivity contribution in [1.82, 2.24) is 5.32 Å². The maximum absolute atomic E-state index is 3.52. The first kappa shape index (κ1) is 6.66. The fourth-order valence-electron chi connectivity index (χ4n) is 2.54. The van der Waals surface area contributed by atoms with Crippen molar-refractivity contribution in [2.75, 3.05) is 13.1 Å². The van der Waals surface area contributed by atoms with Gasteiger partial charge < -0.3 is 5.32 Å². The summed E-state index contributed by atoms with van der Waals surface area (Å²) < 4.78 is 0. The summed E-state index contributed by atoms with van der Waals surface area (Å²) in [4.78, 5) is 0. The van der Waals surface area contributed by atoms with Crippen LogP contribution in [0.5, 0.6) is 0 Å². The standard InChI is InChI=1S/C9H17N/c1-3-8-5-2-6-10-7-9(8)4-1/h8-10H,1-7H2/t8-,9+/m1/s1. The van der Waals surface area contributed by atoms with E-state index in [1.807, 2.05) is 0 Å². The van der Waals surface area contributed by atoms with Crippen LogP contribution in [-0.4, -0.2) is 13.1 Å². The van der Waals surface area contributed by atoms with Gasteiger partial charge in [0.25, 0.3) is 0 Å². The first-order chi connectivity index (χ1) is 4.97. The Kier molecular flexibility index (Phi) is 1.94. The normalized spacial score (nSPS) is 40.8. The summed E-state index contributed by atoms with van der Waals surface area (Å²) in [5.41, 5.74) is 0. The topological polar surface area (TPSA) is 12.0 Å². The molecular weight excluding hydrogens is 122 g/mol. The molecule has 0 radical (unpaired) electrons. The SMILES string of the molecule is C1CNC[C@@H]2CCC[C@@H]2C1. The Labute approximate surface area is 63.2 Å². The van der Waals surface area contributed by atoms with Crippen LogP contribution in [-0.2, 0) is 0 Å². The molecule has 0 aromatic carbocycles. The van der Waals surface area contributed by atoms with Gasteiger partial charge in [-0.1, -0.05) is 12.8 Å². The maximum Gasteiger partial charge on any atom is -0.00179 e. The molecule has 58 valence electrons. The van der Waals surface area contributed by atoms with E-state index in [4.69, 9.17) is 0 Å². The molecule has 0 unspecified atom stereocenters. The zero-order valence-electron chi connectivity index (χ0n) is 6.60. The lowest BCUT2D eigenvalue weighted by molar-refractivity contribution is 0.383. The number of fused-ring (bicyclic) bond motifs is 1. The molecule has 0 spiro atoms. The van der Waals surface area contributed by atoms with Gasteiger partial charge in [0.05, 0.1) is 0 Å². The van der Waals surface area contributed by atoms with Gasteiger partial charge in [0.1, 0.15) is 0 Å². The van der Waals surface area contributed by atoms with E-state index in [1.54, 1.807) is 0 Å². The lowest BCUT2D eigenvalue weighted by atomic mass is 9.93. The molecule has 1 N–H and O–H groups in total. The van der Waals surface area contributed by atoms with E-state index < -0.39 is 0 Å². The first-order valence-corrected chi connectivity index (χ1v) is 4.67. The van der Waals surface area contributed by atoms with Gasteiger partial charge in [0.15, 0.2) is 0 Å². The van der Waals surface area contributed by atoms with E-state index >= 15 is 0 Å². The molecule has 2 atom stereocenters. The zero-order valence-corrected chi connectivity index (χ0v) is 6.60. The third-order valence-corrected chi connectivity index (χ3v) is 3.15. The highest BCUT2D eigenvalue weighted by atomic mass is 14.9. The molecule has 2 fully saturated rings. The Morgan fingerprint density at radius 1 is 0.900 bits per heavy atom. The molecule has 0 aromatic heterocycles. The van der Waals surface area contributed by atoms with Gasteiger partial charge in [-0.2, -0.15) is 0 Å². The second kappa shape index (κ2) is 2.91. The predicted octanol–water partition coefficient (Wildman–Crippen LogP) is 1.79. The minimum atomic E-state index is 1.04. The molecule has 2 rings (SSSR count). The second-order valence-electron chi connectivity index (χ2n) is 3.80. The van der Waals surface area contributed by atoms with Gasteiger partial charge >= 0.3 is 0 Å². The Morgan fingerprint density at radius 2 is 1.70 bits per heavy atom. The summed E-state index contributed by atoms with van der Waals surface area (Å²) in [7, 11) is 0. The van der Waals surface area contributed by atoms with Crippen LogP contribution in [0.3, 0.4) is 0 Å². The monoisotopic (exact) mass is 139 g/mol. The molecule has 1 saturated heterocycles. The smallest absolute Gasteiger partial charge is 0.00179 e. The molecule has 10 heavy (non-hydrogen) atoms. The summed E-state index contributed by atoms with van der Waals surface area (Å²) >= 11 is 0. The van der Waals surface area contributed by atoms with Crippen molar-refractivity contribution in [3.8, 4) is 0 Å². The van der Waals surface area contributed by atoms with Crippen LogP contribution in [0.25, 0.3) is 0 Å². The number of rotatable bonds is 0. The highest BCUT2D eigenvalue weighted by molar-refractivity contribution is 4.81. The van der Waals surface area contributed by atoms with Crippen molar-refractivity contribution in [2.24, 2.45) is 11.8 Å². The highest BCUT2D eigenvalue weighted by Crippen LogP contribution is 2.35. The van der Waals surface area contributed by atoms with Gasteiger partial charge in [-0.15, -0.1) is 0 Å². The van der Waals surface area contributed by atoms with Gasteiger partial charge in [-0.25, -0.2) is 0 Å². The number of nitrogens with one attached hydrogen (secondary N) is 1. The number of hydrogen-bond acceptors (Lipinski definition) is 1. The van der Waals surface area contributed by atoms with Crippen LogP contribution < -0.4 is 5.32 Å². The van der Waals surface area contributed by atoms with E-state index in [0.29, 0.717) is 0 Å². The van der Waals surface area contributed by atoms with Gasteiger partial charge in [0.2, 0.25) is 0 Å². The Hall–Kier alpha value is -0.0400. The van der Waals surface area contributed by atoms with Crippen molar-refractivity contribution in [3.63, 3.8) is 0 Å². The summed E-state index contributed by atoms with van der Waals surface area (Å²) in [6.07, 6.45) is 7.43. The minimum absolute atomic E-state index is 1.04. The van der Waals surface area contributed by atoms with Crippen molar-refractivity contribution >= 4 is 0 Å². The molecule has 2 aliphatic rings.